The standard InChI is InChI=1S/C21H22BrN3O4/c22-19(24-28)11-6-12-23-20(26)18-13-16-9-4-5-10-17(16)25(18)21(27)29-14-15-7-2-1-3-8-15/h1-5,7-10,18,28H,6,11-14H2,(H,23,26)/b24-19+/t18-/m0/s1. The predicted octanol–water partition coefficient (Wildman–Crippen LogP) is 3.83. The highest BCUT2D eigenvalue weighted by Gasteiger charge is 2.39. The van der Waals surface area contributed by atoms with Gasteiger partial charge in [0.15, 0.2) is 0 Å². The number of hydrogen-bond donors (Lipinski definition) is 2. The first-order valence-corrected chi connectivity index (χ1v) is 10.1. The van der Waals surface area contributed by atoms with Crippen molar-refractivity contribution in [2.24, 2.45) is 5.16 Å². The number of fused-ring (bicyclic) bond motifs is 1. The van der Waals surface area contributed by atoms with E-state index >= 15 is 0 Å². The highest BCUT2D eigenvalue weighted by atomic mass is 79.9. The van der Waals surface area contributed by atoms with Crippen LogP contribution in [0.2, 0.25) is 0 Å². The van der Waals surface area contributed by atoms with Crippen LogP contribution in [0.5, 0.6) is 0 Å². The number of carbonyl (C=O) groups excluding carboxylic acids is 2. The largest absolute Gasteiger partial charge is 0.444 e. The lowest BCUT2D eigenvalue weighted by Gasteiger charge is -2.24. The van der Waals surface area contributed by atoms with Crippen molar-refractivity contribution in [1.29, 1.82) is 0 Å². The SMILES string of the molecule is O=C(NCCC/C(Br)=N\O)[C@@H]1Cc2ccccc2N1C(=O)OCc1ccccc1. The van der Waals surface area contributed by atoms with Crippen LogP contribution in [0.1, 0.15) is 24.0 Å². The van der Waals surface area contributed by atoms with Gasteiger partial charge >= 0.3 is 6.09 Å². The molecule has 1 aliphatic heterocycles. The maximum absolute atomic E-state index is 12.8. The Bertz CT molecular complexity index is 889. The highest BCUT2D eigenvalue weighted by Crippen LogP contribution is 2.32. The summed E-state index contributed by atoms with van der Waals surface area (Å²) in [6.07, 6.45) is 0.998. The zero-order valence-electron chi connectivity index (χ0n) is 15.8. The Kier molecular flexibility index (Phi) is 7.24. The summed E-state index contributed by atoms with van der Waals surface area (Å²) in [7, 11) is 0. The zero-order chi connectivity index (χ0) is 20.6. The Labute approximate surface area is 177 Å². The van der Waals surface area contributed by atoms with Crippen LogP contribution in [0.15, 0.2) is 59.8 Å². The van der Waals surface area contributed by atoms with Gasteiger partial charge in [0.2, 0.25) is 5.91 Å². The number of nitrogens with one attached hydrogen (secondary N) is 1. The number of anilines is 1. The molecule has 1 atom stereocenters. The first-order valence-electron chi connectivity index (χ1n) is 9.32. The minimum atomic E-state index is -0.661. The fourth-order valence-corrected chi connectivity index (χ4v) is 3.50. The topological polar surface area (TPSA) is 91.2 Å². The van der Waals surface area contributed by atoms with Gasteiger partial charge in [-0.25, -0.2) is 4.79 Å². The lowest BCUT2D eigenvalue weighted by atomic mass is 10.1. The van der Waals surface area contributed by atoms with Gasteiger partial charge in [-0.1, -0.05) is 53.7 Å². The second-order valence-corrected chi connectivity index (χ2v) is 7.55. The third-order valence-electron chi connectivity index (χ3n) is 4.65. The van der Waals surface area contributed by atoms with Crippen LogP contribution in [-0.2, 0) is 22.6 Å². The number of carbonyl (C=O) groups is 2. The summed E-state index contributed by atoms with van der Waals surface area (Å²) < 4.78 is 5.90. The molecule has 1 aliphatic rings. The molecule has 0 radical (unpaired) electrons. The van der Waals surface area contributed by atoms with Gasteiger partial charge in [-0.3, -0.25) is 9.69 Å². The first-order chi connectivity index (χ1) is 14.1. The Morgan fingerprint density at radius 1 is 1.17 bits per heavy atom. The monoisotopic (exact) mass is 459 g/mol. The van der Waals surface area contributed by atoms with Gasteiger partial charge in [0.05, 0.1) is 5.69 Å². The molecule has 0 saturated carbocycles. The maximum Gasteiger partial charge on any atom is 0.415 e. The number of ether oxygens (including phenoxy) is 1. The number of amides is 2. The van der Waals surface area contributed by atoms with E-state index in [0.717, 1.165) is 11.1 Å². The number of oxime groups is 1. The minimum absolute atomic E-state index is 0.140. The summed E-state index contributed by atoms with van der Waals surface area (Å²) in [6, 6.07) is 16.2. The number of rotatable bonds is 7. The van der Waals surface area contributed by atoms with E-state index in [4.69, 9.17) is 9.94 Å². The van der Waals surface area contributed by atoms with Crippen LogP contribution < -0.4 is 10.2 Å². The second kappa shape index (κ2) is 10.1. The van der Waals surface area contributed by atoms with Crippen molar-refractivity contribution in [2.45, 2.75) is 31.9 Å². The molecule has 0 spiro atoms. The van der Waals surface area contributed by atoms with Gasteiger partial charge in [0.25, 0.3) is 0 Å². The van der Waals surface area contributed by atoms with Crippen molar-refractivity contribution in [2.75, 3.05) is 11.4 Å². The average molecular weight is 460 g/mol. The number of benzene rings is 2. The van der Waals surface area contributed by atoms with Crippen molar-refractivity contribution in [3.8, 4) is 0 Å². The fourth-order valence-electron chi connectivity index (χ4n) is 3.22. The van der Waals surface area contributed by atoms with Gasteiger partial charge in [-0.15, -0.1) is 0 Å². The quantitative estimate of drug-likeness (QED) is 0.284. The molecule has 2 aromatic carbocycles. The van der Waals surface area contributed by atoms with E-state index in [1.807, 2.05) is 54.6 Å². The molecule has 0 aromatic heterocycles. The van der Waals surface area contributed by atoms with Crippen LogP contribution in [0.25, 0.3) is 0 Å². The molecule has 152 valence electrons. The third-order valence-corrected chi connectivity index (χ3v) is 5.20. The Morgan fingerprint density at radius 2 is 1.90 bits per heavy atom. The molecule has 0 saturated heterocycles. The smallest absolute Gasteiger partial charge is 0.415 e. The molecule has 0 bridgehead atoms. The third kappa shape index (κ3) is 5.35. The molecule has 0 fully saturated rings. The Balaban J connectivity index is 1.65. The van der Waals surface area contributed by atoms with Gasteiger partial charge < -0.3 is 15.3 Å². The zero-order valence-corrected chi connectivity index (χ0v) is 17.3. The molecule has 3 rings (SSSR count). The van der Waals surface area contributed by atoms with Gasteiger partial charge in [-0.2, -0.15) is 0 Å². The van der Waals surface area contributed by atoms with Gasteiger partial charge in [0, 0.05) is 19.4 Å². The van der Waals surface area contributed by atoms with Crippen LogP contribution in [0.4, 0.5) is 10.5 Å². The second-order valence-electron chi connectivity index (χ2n) is 6.63. The average Bonchev–Trinajstić information content (AvgIpc) is 3.15. The predicted molar refractivity (Wildman–Crippen MR) is 113 cm³/mol. The van der Waals surface area contributed by atoms with E-state index in [9.17, 15) is 9.59 Å². The Morgan fingerprint density at radius 3 is 2.66 bits per heavy atom. The van der Waals surface area contributed by atoms with Crippen LogP contribution in [0.3, 0.4) is 0 Å². The normalized spacial score (nSPS) is 15.7. The summed E-state index contributed by atoms with van der Waals surface area (Å²) in [4.78, 5) is 27.0. The lowest BCUT2D eigenvalue weighted by molar-refractivity contribution is -0.122. The van der Waals surface area contributed by atoms with E-state index in [-0.39, 0.29) is 12.5 Å². The summed E-state index contributed by atoms with van der Waals surface area (Å²) in [6.45, 7) is 0.546. The van der Waals surface area contributed by atoms with E-state index in [2.05, 4.69) is 26.4 Å². The van der Waals surface area contributed by atoms with Crippen molar-refractivity contribution in [1.82, 2.24) is 5.32 Å². The van der Waals surface area contributed by atoms with Crippen molar-refractivity contribution in [3.63, 3.8) is 0 Å². The molecule has 7 nitrogen and oxygen atoms in total. The lowest BCUT2D eigenvalue weighted by Crippen LogP contribution is -2.48. The molecule has 2 amide bonds. The Hall–Kier alpha value is -2.87. The van der Waals surface area contributed by atoms with E-state index in [0.29, 0.717) is 36.1 Å². The van der Waals surface area contributed by atoms with Gasteiger partial charge in [-0.05, 0) is 39.5 Å². The molecule has 1 heterocycles. The summed E-state index contributed by atoms with van der Waals surface area (Å²) in [5.74, 6) is -0.241. The van der Waals surface area contributed by atoms with Gasteiger partial charge in [0.1, 0.15) is 17.3 Å². The summed E-state index contributed by atoms with van der Waals surface area (Å²) in [5, 5.41) is 14.5. The minimum Gasteiger partial charge on any atom is -0.444 e. The fraction of sp³-hybridized carbons (Fsp3) is 0.286. The van der Waals surface area contributed by atoms with Crippen LogP contribution in [0, 0.1) is 0 Å². The number of para-hydroxylation sites is 1. The van der Waals surface area contributed by atoms with E-state index in [1.54, 1.807) is 0 Å². The molecule has 0 aliphatic carbocycles. The number of nitrogens with zero attached hydrogens (tertiary/aromatic N) is 2. The molecule has 8 heteroatoms. The number of halogens is 1. The summed E-state index contributed by atoms with van der Waals surface area (Å²) in [5.41, 5.74) is 2.51. The van der Waals surface area contributed by atoms with Crippen LogP contribution in [-0.4, -0.2) is 34.4 Å². The van der Waals surface area contributed by atoms with Crippen LogP contribution >= 0.6 is 15.9 Å². The maximum atomic E-state index is 12.8. The first kappa shape index (κ1) is 20.9. The molecular weight excluding hydrogens is 438 g/mol. The number of hydrogen-bond acceptors (Lipinski definition) is 5. The van der Waals surface area contributed by atoms with Crippen molar-refractivity contribution < 1.29 is 19.5 Å². The van der Waals surface area contributed by atoms with Crippen molar-refractivity contribution >= 4 is 38.2 Å². The summed E-state index contributed by atoms with van der Waals surface area (Å²) >= 11 is 3.11. The molecular formula is C21H22BrN3O4. The van der Waals surface area contributed by atoms with E-state index < -0.39 is 12.1 Å². The molecule has 2 aromatic rings. The molecule has 0 unspecified atom stereocenters. The molecule has 29 heavy (non-hydrogen) atoms. The van der Waals surface area contributed by atoms with E-state index in [1.165, 1.54) is 4.90 Å². The highest BCUT2D eigenvalue weighted by molar-refractivity contribution is 9.18. The van der Waals surface area contributed by atoms with Crippen molar-refractivity contribution in [3.05, 3.63) is 65.7 Å². The molecule has 2 N–H and O–H groups in total.